The average Bonchev–Trinajstić information content (AvgIpc) is 3.04. The number of hydrogen-bond donors (Lipinski definition) is 0. The lowest BCUT2D eigenvalue weighted by Crippen LogP contribution is -2.33. The van der Waals surface area contributed by atoms with Gasteiger partial charge in [0, 0.05) is 46.4 Å². The van der Waals surface area contributed by atoms with Gasteiger partial charge in [-0.25, -0.2) is 0 Å². The van der Waals surface area contributed by atoms with E-state index < -0.39 is 6.98 Å². The van der Waals surface area contributed by atoms with Crippen LogP contribution in [0.25, 0.3) is 11.1 Å². The molecule has 3 heteroatoms. The summed E-state index contributed by atoms with van der Waals surface area (Å²) in [6.07, 6.45) is 5.10. The number of anilines is 1. The van der Waals surface area contributed by atoms with Crippen LogP contribution < -0.4 is 4.90 Å². The third-order valence-electron chi connectivity index (χ3n) is 5.17. The molecular formula is C20H23N3. The zero-order valence-corrected chi connectivity index (χ0v) is 14.0. The van der Waals surface area contributed by atoms with Crippen molar-refractivity contribution in [2.45, 2.75) is 39.3 Å². The molecule has 23 heavy (non-hydrogen) atoms. The molecule has 0 fully saturated rings. The highest BCUT2D eigenvalue weighted by Gasteiger charge is 2.37. The summed E-state index contributed by atoms with van der Waals surface area (Å²) in [6.45, 7) is 6.27. The first-order valence-corrected chi connectivity index (χ1v) is 7.98. The van der Waals surface area contributed by atoms with Gasteiger partial charge in [-0.1, -0.05) is 26.0 Å². The Morgan fingerprint density at radius 2 is 2.04 bits per heavy atom. The summed E-state index contributed by atoms with van der Waals surface area (Å²) in [5, 5.41) is 0. The van der Waals surface area contributed by atoms with E-state index in [9.17, 15) is 0 Å². The highest BCUT2D eigenvalue weighted by atomic mass is 15.4. The molecule has 1 aromatic heterocycles. The summed E-state index contributed by atoms with van der Waals surface area (Å²) in [6, 6.07) is 8.50. The van der Waals surface area contributed by atoms with Gasteiger partial charge in [0.2, 0.25) is 0 Å². The number of hydrogen-bond acceptors (Lipinski definition) is 3. The van der Waals surface area contributed by atoms with Gasteiger partial charge in [-0.15, -0.1) is 0 Å². The van der Waals surface area contributed by atoms with Gasteiger partial charge in [-0.3, -0.25) is 4.98 Å². The maximum Gasteiger partial charge on any atom is 0.102 e. The molecule has 0 N–H and O–H groups in total. The molecule has 0 saturated carbocycles. The zero-order valence-electron chi connectivity index (χ0n) is 17.0. The number of rotatable bonds is 1. The van der Waals surface area contributed by atoms with Gasteiger partial charge in [-0.05, 0) is 42.7 Å². The van der Waals surface area contributed by atoms with Crippen molar-refractivity contribution in [1.29, 1.82) is 0 Å². The first-order chi connectivity index (χ1) is 12.1. The second-order valence-corrected chi connectivity index (χ2v) is 6.95. The molecule has 0 unspecified atom stereocenters. The normalized spacial score (nSPS) is 23.3. The minimum absolute atomic E-state index is 0.133. The molecule has 2 aliphatic rings. The Balaban J connectivity index is 1.83. The molecule has 0 bridgehead atoms. The van der Waals surface area contributed by atoms with E-state index in [1.54, 1.807) is 6.20 Å². The first-order valence-electron chi connectivity index (χ1n) is 9.48. The standard InChI is InChI=1S/C20H23N3/c1-13-11-17-16(12-18(13)23-10-9-22(5)14(23)2)15-7-6-8-21-19(15)20(17,3)4/h6-12,14H,1-5H3/t14-/m0/s1/i5D3. The van der Waals surface area contributed by atoms with Crippen LogP contribution in [0.15, 0.2) is 42.9 Å². The highest BCUT2D eigenvalue weighted by molar-refractivity contribution is 5.83. The van der Waals surface area contributed by atoms with E-state index in [2.05, 4.69) is 44.0 Å². The summed E-state index contributed by atoms with van der Waals surface area (Å²) < 4.78 is 23.1. The fourth-order valence-electron chi connectivity index (χ4n) is 3.77. The fraction of sp³-hybridized carbons (Fsp3) is 0.350. The van der Waals surface area contributed by atoms with E-state index in [-0.39, 0.29) is 11.6 Å². The molecule has 1 aromatic carbocycles. The third kappa shape index (κ3) is 1.86. The van der Waals surface area contributed by atoms with Crippen LogP contribution in [0.4, 0.5) is 5.69 Å². The summed E-state index contributed by atoms with van der Waals surface area (Å²) in [4.78, 5) is 8.08. The maximum atomic E-state index is 7.71. The van der Waals surface area contributed by atoms with E-state index in [1.807, 2.05) is 30.3 Å². The van der Waals surface area contributed by atoms with E-state index in [0.717, 1.165) is 22.5 Å². The predicted octanol–water partition coefficient (Wildman–Crippen LogP) is 4.27. The minimum Gasteiger partial charge on any atom is -0.359 e. The minimum atomic E-state index is -2.15. The quantitative estimate of drug-likeness (QED) is 0.784. The lowest BCUT2D eigenvalue weighted by atomic mass is 9.84. The average molecular weight is 308 g/mol. The number of pyridine rings is 1. The van der Waals surface area contributed by atoms with Crippen molar-refractivity contribution in [3.05, 3.63) is 59.7 Å². The molecule has 2 aromatic rings. The van der Waals surface area contributed by atoms with Crippen molar-refractivity contribution in [3.8, 4) is 11.1 Å². The fourth-order valence-corrected chi connectivity index (χ4v) is 3.77. The Hall–Kier alpha value is -2.29. The predicted molar refractivity (Wildman–Crippen MR) is 95.4 cm³/mol. The molecule has 118 valence electrons. The van der Waals surface area contributed by atoms with Gasteiger partial charge in [0.15, 0.2) is 0 Å². The van der Waals surface area contributed by atoms with Crippen LogP contribution in [0, 0.1) is 6.92 Å². The van der Waals surface area contributed by atoms with Crippen LogP contribution in [0.2, 0.25) is 0 Å². The molecule has 0 saturated heterocycles. The SMILES string of the molecule is [2H]C([2H])([2H])N1C=CN(c2cc3c(cc2C)C(C)(C)c2ncccc2-3)[C@H]1C. The van der Waals surface area contributed by atoms with Crippen molar-refractivity contribution in [1.82, 2.24) is 9.88 Å². The molecule has 4 rings (SSSR count). The number of aromatic nitrogens is 1. The Bertz CT molecular complexity index is 915. The summed E-state index contributed by atoms with van der Waals surface area (Å²) in [5.41, 5.74) is 6.76. The van der Waals surface area contributed by atoms with Crippen LogP contribution >= 0.6 is 0 Å². The van der Waals surface area contributed by atoms with Crippen molar-refractivity contribution in [2.75, 3.05) is 11.9 Å². The molecular weight excluding hydrogens is 282 g/mol. The van der Waals surface area contributed by atoms with Crippen molar-refractivity contribution < 1.29 is 4.11 Å². The number of fused-ring (bicyclic) bond motifs is 3. The topological polar surface area (TPSA) is 19.4 Å². The summed E-state index contributed by atoms with van der Waals surface area (Å²) >= 11 is 0. The number of nitrogens with zero attached hydrogens (tertiary/aromatic N) is 3. The van der Waals surface area contributed by atoms with Crippen LogP contribution in [0.3, 0.4) is 0 Å². The maximum absolute atomic E-state index is 7.71. The van der Waals surface area contributed by atoms with Crippen molar-refractivity contribution >= 4 is 5.69 Å². The molecule has 3 nitrogen and oxygen atoms in total. The molecule has 0 radical (unpaired) electrons. The molecule has 0 spiro atoms. The van der Waals surface area contributed by atoms with Crippen LogP contribution in [-0.2, 0) is 5.41 Å². The molecule has 1 atom stereocenters. The molecule has 1 aliphatic carbocycles. The lowest BCUT2D eigenvalue weighted by Gasteiger charge is -2.29. The second kappa shape index (κ2) is 4.60. The number of benzene rings is 1. The van der Waals surface area contributed by atoms with E-state index in [4.69, 9.17) is 4.11 Å². The van der Waals surface area contributed by atoms with Gasteiger partial charge in [0.1, 0.15) is 6.17 Å². The summed E-state index contributed by atoms with van der Waals surface area (Å²) in [5.74, 6) is 0. The monoisotopic (exact) mass is 308 g/mol. The van der Waals surface area contributed by atoms with Crippen molar-refractivity contribution in [2.24, 2.45) is 0 Å². The van der Waals surface area contributed by atoms with E-state index >= 15 is 0 Å². The Kier molecular flexibility index (Phi) is 2.26. The smallest absolute Gasteiger partial charge is 0.102 e. The van der Waals surface area contributed by atoms with Gasteiger partial charge in [0.25, 0.3) is 0 Å². The van der Waals surface area contributed by atoms with E-state index in [1.165, 1.54) is 16.0 Å². The Morgan fingerprint density at radius 3 is 2.78 bits per heavy atom. The number of aryl methyl sites for hydroxylation is 1. The summed E-state index contributed by atoms with van der Waals surface area (Å²) in [7, 11) is 0. The van der Waals surface area contributed by atoms with Crippen LogP contribution in [0.1, 0.15) is 41.7 Å². The molecule has 2 heterocycles. The van der Waals surface area contributed by atoms with Gasteiger partial charge >= 0.3 is 0 Å². The second-order valence-electron chi connectivity index (χ2n) is 6.95. The van der Waals surface area contributed by atoms with Gasteiger partial charge in [-0.2, -0.15) is 0 Å². The Morgan fingerprint density at radius 1 is 1.22 bits per heavy atom. The third-order valence-corrected chi connectivity index (χ3v) is 5.17. The van der Waals surface area contributed by atoms with Gasteiger partial charge in [0.05, 0.1) is 5.69 Å². The molecule has 1 aliphatic heterocycles. The Labute approximate surface area is 142 Å². The first kappa shape index (κ1) is 11.3. The van der Waals surface area contributed by atoms with Crippen LogP contribution in [0.5, 0.6) is 0 Å². The molecule has 0 amide bonds. The van der Waals surface area contributed by atoms with E-state index in [0.29, 0.717) is 0 Å². The lowest BCUT2D eigenvalue weighted by molar-refractivity contribution is 0.383. The van der Waals surface area contributed by atoms with Gasteiger partial charge < -0.3 is 9.80 Å². The van der Waals surface area contributed by atoms with Crippen LogP contribution in [-0.4, -0.2) is 23.0 Å². The zero-order chi connectivity index (χ0) is 18.9. The largest absolute Gasteiger partial charge is 0.359 e. The highest BCUT2D eigenvalue weighted by Crippen LogP contribution is 2.49. The van der Waals surface area contributed by atoms with Crippen molar-refractivity contribution in [3.63, 3.8) is 0 Å².